The van der Waals surface area contributed by atoms with Crippen LogP contribution >= 0.6 is 0 Å². The second kappa shape index (κ2) is 6.74. The molecule has 0 amide bonds. The second-order valence-electron chi connectivity index (χ2n) is 8.04. The van der Waals surface area contributed by atoms with Crippen LogP contribution in [0.25, 0.3) is 0 Å². The van der Waals surface area contributed by atoms with Crippen LogP contribution in [0.15, 0.2) is 24.3 Å². The van der Waals surface area contributed by atoms with E-state index in [2.05, 4.69) is 4.74 Å². The van der Waals surface area contributed by atoms with Gasteiger partial charge in [-0.15, -0.1) is 0 Å². The summed E-state index contributed by atoms with van der Waals surface area (Å²) in [7, 11) is 0. The van der Waals surface area contributed by atoms with Gasteiger partial charge in [0.25, 0.3) is 0 Å². The van der Waals surface area contributed by atoms with Crippen LogP contribution in [0.3, 0.4) is 0 Å². The molecule has 6 nitrogen and oxygen atoms in total. The third kappa shape index (κ3) is 3.89. The second-order valence-corrected chi connectivity index (χ2v) is 8.04. The summed E-state index contributed by atoms with van der Waals surface area (Å²) in [5.74, 6) is -1.46. The fourth-order valence-electron chi connectivity index (χ4n) is 3.27. The highest BCUT2D eigenvalue weighted by Gasteiger charge is 2.51. The van der Waals surface area contributed by atoms with Gasteiger partial charge in [-0.2, -0.15) is 0 Å². The minimum Gasteiger partial charge on any atom is -0.508 e. The SMILES string of the molecule is CCC(C)(CC1(C)CC(=O)OC1=O)C(=O)OC(C)(C)c1ccc(O)cc1. The molecule has 1 fully saturated rings. The molecule has 1 N–H and O–H groups in total. The Hall–Kier alpha value is -2.37. The number of aromatic hydroxyl groups is 1. The van der Waals surface area contributed by atoms with Crippen LogP contribution < -0.4 is 0 Å². The third-order valence-electron chi connectivity index (χ3n) is 5.20. The van der Waals surface area contributed by atoms with Crippen molar-refractivity contribution in [3.8, 4) is 5.75 Å². The van der Waals surface area contributed by atoms with Crippen molar-refractivity contribution in [1.29, 1.82) is 0 Å². The molecule has 1 aliphatic rings. The number of ether oxygens (including phenoxy) is 2. The molecule has 26 heavy (non-hydrogen) atoms. The molecule has 1 aromatic rings. The van der Waals surface area contributed by atoms with E-state index in [0.29, 0.717) is 6.42 Å². The van der Waals surface area contributed by atoms with E-state index >= 15 is 0 Å². The number of rotatable bonds is 6. The molecule has 142 valence electrons. The molecule has 6 heteroatoms. The summed E-state index contributed by atoms with van der Waals surface area (Å²) >= 11 is 0. The van der Waals surface area contributed by atoms with Crippen LogP contribution in [-0.2, 0) is 29.5 Å². The Morgan fingerprint density at radius 2 is 1.81 bits per heavy atom. The van der Waals surface area contributed by atoms with Crippen molar-refractivity contribution in [3.63, 3.8) is 0 Å². The topological polar surface area (TPSA) is 89.9 Å². The monoisotopic (exact) mass is 362 g/mol. The maximum Gasteiger partial charge on any atom is 0.320 e. The summed E-state index contributed by atoms with van der Waals surface area (Å²) in [6.45, 7) is 8.77. The van der Waals surface area contributed by atoms with Crippen LogP contribution in [0.5, 0.6) is 5.75 Å². The number of phenolic OH excluding ortho intramolecular Hbond substituents is 1. The van der Waals surface area contributed by atoms with Gasteiger partial charge in [0.15, 0.2) is 0 Å². The highest BCUT2D eigenvalue weighted by molar-refractivity contribution is 5.97. The smallest absolute Gasteiger partial charge is 0.320 e. The summed E-state index contributed by atoms with van der Waals surface area (Å²) < 4.78 is 10.5. The van der Waals surface area contributed by atoms with Gasteiger partial charge in [0.05, 0.1) is 17.3 Å². The van der Waals surface area contributed by atoms with Crippen molar-refractivity contribution in [2.24, 2.45) is 10.8 Å². The summed E-state index contributed by atoms with van der Waals surface area (Å²) in [6, 6.07) is 6.46. The lowest BCUT2D eigenvalue weighted by molar-refractivity contribution is -0.172. The van der Waals surface area contributed by atoms with E-state index in [1.165, 1.54) is 12.1 Å². The standard InChI is InChI=1S/C20H26O6/c1-6-19(4,12-20(5)11-15(22)25-16(20)23)17(24)26-18(2,3)13-7-9-14(21)10-8-13/h7-10,21H,6,11-12H2,1-5H3. The van der Waals surface area contributed by atoms with Crippen LogP contribution in [0.1, 0.15) is 59.4 Å². The molecule has 0 spiro atoms. The molecule has 0 saturated carbocycles. The van der Waals surface area contributed by atoms with Crippen molar-refractivity contribution in [2.75, 3.05) is 0 Å². The summed E-state index contributed by atoms with van der Waals surface area (Å²) in [4.78, 5) is 36.5. The number of benzene rings is 1. The van der Waals surface area contributed by atoms with Gasteiger partial charge in [0, 0.05) is 0 Å². The lowest BCUT2D eigenvalue weighted by atomic mass is 9.70. The summed E-state index contributed by atoms with van der Waals surface area (Å²) in [6.07, 6.45) is 0.593. The Morgan fingerprint density at radius 3 is 2.27 bits per heavy atom. The Morgan fingerprint density at radius 1 is 1.23 bits per heavy atom. The molecule has 0 bridgehead atoms. The van der Waals surface area contributed by atoms with Gasteiger partial charge < -0.3 is 14.6 Å². The zero-order valence-corrected chi connectivity index (χ0v) is 15.9. The van der Waals surface area contributed by atoms with Gasteiger partial charge >= 0.3 is 17.9 Å². The van der Waals surface area contributed by atoms with E-state index in [-0.39, 0.29) is 18.6 Å². The number of hydrogen-bond acceptors (Lipinski definition) is 6. The molecule has 1 heterocycles. The maximum absolute atomic E-state index is 13.0. The summed E-state index contributed by atoms with van der Waals surface area (Å²) in [5, 5.41) is 9.43. The first-order chi connectivity index (χ1) is 11.9. The molecule has 0 aliphatic carbocycles. The lowest BCUT2D eigenvalue weighted by Crippen LogP contribution is -2.40. The predicted octanol–water partition coefficient (Wildman–Crippen LogP) is 3.46. The van der Waals surface area contributed by atoms with Gasteiger partial charge in [-0.25, -0.2) is 0 Å². The fraction of sp³-hybridized carbons (Fsp3) is 0.550. The lowest BCUT2D eigenvalue weighted by Gasteiger charge is -2.36. The van der Waals surface area contributed by atoms with Crippen molar-refractivity contribution in [1.82, 2.24) is 0 Å². The largest absolute Gasteiger partial charge is 0.508 e. The van der Waals surface area contributed by atoms with Gasteiger partial charge in [0.2, 0.25) is 0 Å². The van der Waals surface area contributed by atoms with E-state index in [0.717, 1.165) is 5.56 Å². The maximum atomic E-state index is 13.0. The summed E-state index contributed by atoms with van der Waals surface area (Å²) in [5.41, 5.74) is -2.13. The van der Waals surface area contributed by atoms with E-state index < -0.39 is 34.3 Å². The molecule has 2 unspecified atom stereocenters. The molecular weight excluding hydrogens is 336 g/mol. The van der Waals surface area contributed by atoms with Gasteiger partial charge in [-0.05, 0) is 58.2 Å². The molecule has 1 aromatic carbocycles. The fourth-order valence-corrected chi connectivity index (χ4v) is 3.27. The minimum atomic E-state index is -1.02. The first-order valence-corrected chi connectivity index (χ1v) is 8.70. The average Bonchev–Trinajstić information content (AvgIpc) is 2.79. The zero-order chi connectivity index (χ0) is 19.8. The van der Waals surface area contributed by atoms with E-state index in [4.69, 9.17) is 4.74 Å². The molecule has 1 saturated heterocycles. The van der Waals surface area contributed by atoms with Crippen molar-refractivity contribution < 1.29 is 29.0 Å². The molecule has 0 aromatic heterocycles. The van der Waals surface area contributed by atoms with E-state index in [1.54, 1.807) is 39.8 Å². The average molecular weight is 362 g/mol. The zero-order valence-electron chi connectivity index (χ0n) is 15.9. The number of phenols is 1. The normalized spacial score (nSPS) is 22.7. The van der Waals surface area contributed by atoms with Crippen molar-refractivity contribution >= 4 is 17.9 Å². The highest BCUT2D eigenvalue weighted by Crippen LogP contribution is 2.44. The number of cyclic esters (lactones) is 2. The molecular formula is C20H26O6. The van der Waals surface area contributed by atoms with Crippen LogP contribution in [-0.4, -0.2) is 23.0 Å². The van der Waals surface area contributed by atoms with Gasteiger partial charge in [-0.1, -0.05) is 19.1 Å². The predicted molar refractivity (Wildman–Crippen MR) is 94.1 cm³/mol. The molecule has 2 rings (SSSR count). The van der Waals surface area contributed by atoms with Crippen LogP contribution in [0.4, 0.5) is 0 Å². The third-order valence-corrected chi connectivity index (χ3v) is 5.20. The Bertz CT molecular complexity index is 720. The minimum absolute atomic E-state index is 0.0317. The number of carbonyl (C=O) groups is 3. The van der Waals surface area contributed by atoms with E-state index in [1.807, 2.05) is 6.92 Å². The molecule has 2 atom stereocenters. The van der Waals surface area contributed by atoms with Crippen LogP contribution in [0, 0.1) is 10.8 Å². The first-order valence-electron chi connectivity index (χ1n) is 8.70. The molecule has 1 aliphatic heterocycles. The highest BCUT2D eigenvalue weighted by atomic mass is 16.6. The first kappa shape index (κ1) is 19.9. The number of esters is 3. The molecule has 0 radical (unpaired) electrons. The van der Waals surface area contributed by atoms with Gasteiger partial charge in [-0.3, -0.25) is 14.4 Å². The number of hydrogen-bond donors (Lipinski definition) is 1. The number of carbonyl (C=O) groups excluding carboxylic acids is 3. The Labute approximate surface area is 153 Å². The van der Waals surface area contributed by atoms with Gasteiger partial charge in [0.1, 0.15) is 11.4 Å². The van der Waals surface area contributed by atoms with E-state index in [9.17, 15) is 19.5 Å². The van der Waals surface area contributed by atoms with Crippen molar-refractivity contribution in [2.45, 2.75) is 59.5 Å². The van der Waals surface area contributed by atoms with Crippen LogP contribution in [0.2, 0.25) is 0 Å². The quantitative estimate of drug-likeness (QED) is 0.616. The Kier molecular flexibility index (Phi) is 5.17. The Balaban J connectivity index is 2.20. The van der Waals surface area contributed by atoms with Crippen molar-refractivity contribution in [3.05, 3.63) is 29.8 Å².